The highest BCUT2D eigenvalue weighted by atomic mass is 16.6. The number of hydrogen-bond donors (Lipinski definition) is 2. The monoisotopic (exact) mass is 442 g/mol. The SMILES string of the molecule is CC(C)OC(=O)N1CCC(NC(=O)N2CCn3c(c(C(N)=O)c(C#N)c3C3CC3)C2)CC1. The highest BCUT2D eigenvalue weighted by Gasteiger charge is 2.38. The first-order valence-electron chi connectivity index (χ1n) is 11.3. The summed E-state index contributed by atoms with van der Waals surface area (Å²) in [7, 11) is 0. The molecule has 0 atom stereocenters. The number of hydrogen-bond acceptors (Lipinski definition) is 5. The Morgan fingerprint density at radius 1 is 1.09 bits per heavy atom. The minimum Gasteiger partial charge on any atom is -0.447 e. The molecule has 1 saturated heterocycles. The number of nitrogens with one attached hydrogen (secondary N) is 1. The number of aromatic nitrogens is 1. The van der Waals surface area contributed by atoms with Crippen molar-refractivity contribution < 1.29 is 19.1 Å². The van der Waals surface area contributed by atoms with Gasteiger partial charge in [0, 0.05) is 43.8 Å². The van der Waals surface area contributed by atoms with E-state index in [1.807, 2.05) is 18.4 Å². The van der Waals surface area contributed by atoms with Crippen LogP contribution in [-0.4, -0.2) is 64.2 Å². The van der Waals surface area contributed by atoms with Crippen LogP contribution in [0.5, 0.6) is 0 Å². The van der Waals surface area contributed by atoms with Gasteiger partial charge < -0.3 is 30.2 Å². The number of carbonyl (C=O) groups is 3. The van der Waals surface area contributed by atoms with E-state index < -0.39 is 5.91 Å². The number of likely N-dealkylation sites (tertiary alicyclic amines) is 1. The number of urea groups is 1. The Morgan fingerprint density at radius 2 is 1.78 bits per heavy atom. The van der Waals surface area contributed by atoms with E-state index in [1.165, 1.54) is 0 Å². The molecule has 0 unspecified atom stereocenters. The van der Waals surface area contributed by atoms with E-state index in [0.717, 1.165) is 18.5 Å². The van der Waals surface area contributed by atoms with Gasteiger partial charge in [-0.05, 0) is 39.5 Å². The summed E-state index contributed by atoms with van der Waals surface area (Å²) >= 11 is 0. The first-order chi connectivity index (χ1) is 15.3. The van der Waals surface area contributed by atoms with Gasteiger partial charge in [0.05, 0.1) is 29.5 Å². The van der Waals surface area contributed by atoms with E-state index in [1.54, 1.807) is 9.80 Å². The summed E-state index contributed by atoms with van der Waals surface area (Å²) in [5, 5.41) is 12.7. The molecule has 32 heavy (non-hydrogen) atoms. The van der Waals surface area contributed by atoms with Crippen LogP contribution >= 0.6 is 0 Å². The highest BCUT2D eigenvalue weighted by Crippen LogP contribution is 2.44. The van der Waals surface area contributed by atoms with Crippen LogP contribution in [0, 0.1) is 11.3 Å². The van der Waals surface area contributed by atoms with Crippen LogP contribution in [0.3, 0.4) is 0 Å². The molecule has 0 spiro atoms. The van der Waals surface area contributed by atoms with Crippen molar-refractivity contribution in [3.05, 3.63) is 22.5 Å². The molecule has 0 radical (unpaired) electrons. The minimum atomic E-state index is -0.625. The molecule has 2 aliphatic heterocycles. The number of piperidine rings is 1. The molecule has 0 bridgehead atoms. The lowest BCUT2D eigenvalue weighted by Crippen LogP contribution is -2.51. The van der Waals surface area contributed by atoms with Gasteiger partial charge in [-0.1, -0.05) is 0 Å². The third-order valence-corrected chi connectivity index (χ3v) is 6.37. The molecule has 3 aliphatic rings. The smallest absolute Gasteiger partial charge is 0.410 e. The third kappa shape index (κ3) is 4.24. The van der Waals surface area contributed by atoms with E-state index in [2.05, 4.69) is 11.4 Å². The van der Waals surface area contributed by atoms with Crippen molar-refractivity contribution >= 4 is 18.0 Å². The van der Waals surface area contributed by atoms with E-state index in [4.69, 9.17) is 10.5 Å². The summed E-state index contributed by atoms with van der Waals surface area (Å²) < 4.78 is 7.26. The fourth-order valence-electron chi connectivity index (χ4n) is 4.67. The molecule has 10 nitrogen and oxygen atoms in total. The molecule has 1 saturated carbocycles. The van der Waals surface area contributed by atoms with E-state index in [0.29, 0.717) is 56.2 Å². The van der Waals surface area contributed by atoms with Crippen LogP contribution in [0.4, 0.5) is 9.59 Å². The number of ether oxygens (including phenoxy) is 1. The number of nitrogens with two attached hydrogens (primary N) is 1. The standard InChI is InChI=1S/C22H30N6O4/c1-13(2)32-22(31)26-7-5-15(6-8-26)25-21(30)27-9-10-28-17(12-27)18(20(24)29)16(11-23)19(28)14-3-4-14/h13-15H,3-10,12H2,1-2H3,(H2,24,29)(H,25,30). The molecular formula is C22H30N6O4. The van der Waals surface area contributed by atoms with Crippen molar-refractivity contribution in [2.24, 2.45) is 5.73 Å². The Kier molecular flexibility index (Phi) is 6.00. The summed E-state index contributed by atoms with van der Waals surface area (Å²) in [5.74, 6) is -0.329. The quantitative estimate of drug-likeness (QED) is 0.734. The zero-order valence-corrected chi connectivity index (χ0v) is 18.6. The van der Waals surface area contributed by atoms with Gasteiger partial charge in [0.2, 0.25) is 0 Å². The van der Waals surface area contributed by atoms with Crippen LogP contribution in [0.2, 0.25) is 0 Å². The van der Waals surface area contributed by atoms with Crippen molar-refractivity contribution in [1.82, 2.24) is 19.7 Å². The van der Waals surface area contributed by atoms with Crippen molar-refractivity contribution in [2.45, 2.75) is 70.7 Å². The predicted octanol–water partition coefficient (Wildman–Crippen LogP) is 1.87. The molecular weight excluding hydrogens is 412 g/mol. The number of primary amides is 1. The zero-order chi connectivity index (χ0) is 23.0. The fraction of sp³-hybridized carbons (Fsp3) is 0.636. The Balaban J connectivity index is 1.40. The second kappa shape index (κ2) is 8.73. The second-order valence-corrected chi connectivity index (χ2v) is 9.05. The maximum atomic E-state index is 12.9. The third-order valence-electron chi connectivity index (χ3n) is 6.37. The molecule has 3 N–H and O–H groups in total. The lowest BCUT2D eigenvalue weighted by molar-refractivity contribution is 0.0679. The van der Waals surface area contributed by atoms with Crippen molar-refractivity contribution in [3.63, 3.8) is 0 Å². The summed E-state index contributed by atoms with van der Waals surface area (Å²) in [4.78, 5) is 40.5. The van der Waals surface area contributed by atoms with Gasteiger partial charge in [0.15, 0.2) is 0 Å². The molecule has 2 fully saturated rings. The van der Waals surface area contributed by atoms with Crippen LogP contribution < -0.4 is 11.1 Å². The largest absolute Gasteiger partial charge is 0.447 e. The summed E-state index contributed by atoms with van der Waals surface area (Å²) in [6.45, 7) is 5.97. The zero-order valence-electron chi connectivity index (χ0n) is 18.6. The Morgan fingerprint density at radius 3 is 2.34 bits per heavy atom. The van der Waals surface area contributed by atoms with Crippen molar-refractivity contribution in [1.29, 1.82) is 5.26 Å². The van der Waals surface area contributed by atoms with E-state index in [9.17, 15) is 19.6 Å². The first-order valence-corrected chi connectivity index (χ1v) is 11.3. The molecule has 4 rings (SSSR count). The minimum absolute atomic E-state index is 0.0355. The number of rotatable bonds is 4. The van der Waals surface area contributed by atoms with Crippen LogP contribution in [0.25, 0.3) is 0 Å². The number of amides is 4. The fourth-order valence-corrected chi connectivity index (χ4v) is 4.67. The molecule has 172 valence electrons. The second-order valence-electron chi connectivity index (χ2n) is 9.05. The summed E-state index contributed by atoms with van der Waals surface area (Å²) in [5.41, 5.74) is 7.80. The van der Waals surface area contributed by atoms with Gasteiger partial charge in [-0.15, -0.1) is 0 Å². The number of nitrogens with zero attached hydrogens (tertiary/aromatic N) is 4. The molecule has 1 aliphatic carbocycles. The number of carbonyl (C=O) groups excluding carboxylic acids is 3. The molecule has 0 aromatic carbocycles. The van der Waals surface area contributed by atoms with Gasteiger partial charge in [-0.3, -0.25) is 4.79 Å². The Labute approximate surface area is 187 Å². The molecule has 10 heteroatoms. The maximum Gasteiger partial charge on any atom is 0.410 e. The Bertz CT molecular complexity index is 966. The lowest BCUT2D eigenvalue weighted by atomic mass is 10.1. The summed E-state index contributed by atoms with van der Waals surface area (Å²) in [6.07, 6.45) is 2.83. The average molecular weight is 443 g/mol. The van der Waals surface area contributed by atoms with Gasteiger partial charge in [0.1, 0.15) is 6.07 Å². The topological polar surface area (TPSA) is 134 Å². The molecule has 3 heterocycles. The van der Waals surface area contributed by atoms with E-state index >= 15 is 0 Å². The van der Waals surface area contributed by atoms with Crippen LogP contribution in [0.1, 0.15) is 72.8 Å². The first kappa shape index (κ1) is 22.0. The number of nitriles is 1. The maximum absolute atomic E-state index is 12.9. The van der Waals surface area contributed by atoms with Gasteiger partial charge in [-0.25, -0.2) is 9.59 Å². The van der Waals surface area contributed by atoms with Crippen molar-refractivity contribution in [3.8, 4) is 6.07 Å². The normalized spacial score (nSPS) is 18.8. The predicted molar refractivity (Wildman–Crippen MR) is 115 cm³/mol. The average Bonchev–Trinajstić information content (AvgIpc) is 3.53. The van der Waals surface area contributed by atoms with Gasteiger partial charge >= 0.3 is 12.1 Å². The van der Waals surface area contributed by atoms with E-state index in [-0.39, 0.29) is 36.4 Å². The molecule has 4 amide bonds. The Hall–Kier alpha value is -3.22. The van der Waals surface area contributed by atoms with Crippen LogP contribution in [-0.2, 0) is 17.8 Å². The highest BCUT2D eigenvalue weighted by molar-refractivity contribution is 5.97. The number of fused-ring (bicyclic) bond motifs is 1. The van der Waals surface area contributed by atoms with Crippen LogP contribution in [0.15, 0.2) is 0 Å². The van der Waals surface area contributed by atoms with Gasteiger partial charge in [-0.2, -0.15) is 5.26 Å². The molecule has 1 aromatic rings. The molecule has 1 aromatic heterocycles. The van der Waals surface area contributed by atoms with Crippen molar-refractivity contribution in [2.75, 3.05) is 19.6 Å². The lowest BCUT2D eigenvalue weighted by Gasteiger charge is -2.35. The summed E-state index contributed by atoms with van der Waals surface area (Å²) in [6, 6.07) is 1.93. The van der Waals surface area contributed by atoms with Gasteiger partial charge in [0.25, 0.3) is 5.91 Å².